The molecule has 0 spiro atoms. The number of hydrazine groups is 1. The second-order valence-electron chi connectivity index (χ2n) is 6.14. The molecule has 0 saturated carbocycles. The van der Waals surface area contributed by atoms with E-state index in [-0.39, 0.29) is 24.7 Å². The Labute approximate surface area is 151 Å². The van der Waals surface area contributed by atoms with E-state index in [4.69, 9.17) is 9.47 Å². The lowest BCUT2D eigenvalue weighted by Crippen LogP contribution is -2.42. The molecule has 1 heterocycles. The van der Waals surface area contributed by atoms with Crippen molar-refractivity contribution < 1.29 is 32.3 Å². The first-order valence-corrected chi connectivity index (χ1v) is 9.58. The van der Waals surface area contributed by atoms with Crippen LogP contribution in [0.3, 0.4) is 0 Å². The van der Waals surface area contributed by atoms with Gasteiger partial charge in [0.05, 0.1) is 17.1 Å². The molecule has 0 bridgehead atoms. The fraction of sp³-hybridized carbons (Fsp3) is 0.438. The zero-order chi connectivity index (χ0) is 19.5. The van der Waals surface area contributed by atoms with Gasteiger partial charge in [-0.25, -0.2) is 8.42 Å². The van der Waals surface area contributed by atoms with Crippen LogP contribution in [0.5, 0.6) is 0 Å². The summed E-state index contributed by atoms with van der Waals surface area (Å²) >= 11 is 0. The largest absolute Gasteiger partial charge is 0.465 e. The minimum Gasteiger partial charge on any atom is -0.465 e. The Bertz CT molecular complexity index is 817. The number of ether oxygens (including phenoxy) is 2. The Morgan fingerprint density at radius 2 is 1.77 bits per heavy atom. The summed E-state index contributed by atoms with van der Waals surface area (Å²) in [6.07, 6.45) is 1.08. The summed E-state index contributed by atoms with van der Waals surface area (Å²) in [5.41, 5.74) is 1.75. The van der Waals surface area contributed by atoms with Crippen molar-refractivity contribution in [1.82, 2.24) is 5.43 Å². The number of esters is 2. The maximum absolute atomic E-state index is 12.5. The van der Waals surface area contributed by atoms with E-state index in [9.17, 15) is 22.8 Å². The summed E-state index contributed by atoms with van der Waals surface area (Å²) < 4.78 is 33.4. The van der Waals surface area contributed by atoms with Crippen LogP contribution in [0.2, 0.25) is 0 Å². The van der Waals surface area contributed by atoms with Crippen LogP contribution in [0.1, 0.15) is 13.8 Å². The van der Waals surface area contributed by atoms with Gasteiger partial charge in [-0.05, 0) is 18.2 Å². The number of carbonyl (C=O) groups excluding carboxylic acids is 3. The van der Waals surface area contributed by atoms with Crippen LogP contribution in [0, 0.1) is 5.41 Å². The van der Waals surface area contributed by atoms with E-state index in [1.165, 1.54) is 31.0 Å². The lowest BCUT2D eigenvalue weighted by Gasteiger charge is -2.25. The quantitative estimate of drug-likeness (QED) is 0.684. The number of nitrogens with one attached hydrogen (secondary N) is 1. The Morgan fingerprint density at radius 3 is 2.27 bits per heavy atom. The maximum atomic E-state index is 12.5. The molecule has 2 rings (SSSR count). The highest BCUT2D eigenvalue weighted by Gasteiger charge is 2.49. The van der Waals surface area contributed by atoms with E-state index in [0.29, 0.717) is 5.69 Å². The SMILES string of the molecule is CC(=O)OCC1(COC(C)=O)CN(c2cccc(S(C)(=O)=O)c2)NC1=O. The van der Waals surface area contributed by atoms with Crippen molar-refractivity contribution in [3.05, 3.63) is 24.3 Å². The normalized spacial score (nSPS) is 16.1. The summed E-state index contributed by atoms with van der Waals surface area (Å²) in [6.45, 7) is 1.90. The summed E-state index contributed by atoms with van der Waals surface area (Å²) in [5, 5.41) is 1.43. The van der Waals surface area contributed by atoms with Gasteiger partial charge in [0.2, 0.25) is 0 Å². The number of anilines is 1. The van der Waals surface area contributed by atoms with E-state index in [0.717, 1.165) is 6.26 Å². The molecule has 26 heavy (non-hydrogen) atoms. The summed E-state index contributed by atoms with van der Waals surface area (Å²) in [4.78, 5) is 34.9. The third kappa shape index (κ3) is 4.51. The van der Waals surface area contributed by atoms with Gasteiger partial charge < -0.3 is 9.47 Å². The van der Waals surface area contributed by atoms with Crippen LogP contribution in [0.4, 0.5) is 5.69 Å². The molecule has 1 N–H and O–H groups in total. The number of hydrogen-bond acceptors (Lipinski definition) is 8. The molecule has 9 nitrogen and oxygen atoms in total. The van der Waals surface area contributed by atoms with E-state index >= 15 is 0 Å². The minimum absolute atomic E-state index is 0.0274. The summed E-state index contributed by atoms with van der Waals surface area (Å²) in [6, 6.07) is 6.05. The molecule has 1 aromatic rings. The zero-order valence-electron chi connectivity index (χ0n) is 14.6. The molecule has 0 aliphatic carbocycles. The van der Waals surface area contributed by atoms with Gasteiger partial charge in [0.1, 0.15) is 18.6 Å². The van der Waals surface area contributed by atoms with Crippen molar-refractivity contribution in [2.45, 2.75) is 18.7 Å². The molecule has 1 saturated heterocycles. The third-order valence-corrected chi connectivity index (χ3v) is 4.95. The smallest absolute Gasteiger partial charge is 0.302 e. The molecule has 1 amide bonds. The lowest BCUT2D eigenvalue weighted by atomic mass is 9.90. The first kappa shape index (κ1) is 19.7. The first-order chi connectivity index (χ1) is 12.0. The van der Waals surface area contributed by atoms with E-state index in [1.54, 1.807) is 12.1 Å². The number of nitrogens with zero attached hydrogens (tertiary/aromatic N) is 1. The predicted molar refractivity (Wildman–Crippen MR) is 90.7 cm³/mol. The molecule has 1 fully saturated rings. The second kappa shape index (κ2) is 7.32. The average Bonchev–Trinajstić information content (AvgIpc) is 2.88. The van der Waals surface area contributed by atoms with Crippen LogP contribution in [0.15, 0.2) is 29.2 Å². The molecule has 1 aliphatic rings. The highest BCUT2D eigenvalue weighted by Crippen LogP contribution is 2.30. The fourth-order valence-electron chi connectivity index (χ4n) is 2.44. The van der Waals surface area contributed by atoms with Gasteiger partial charge in [-0.2, -0.15) is 0 Å². The molecular formula is C16H20N2O7S. The van der Waals surface area contributed by atoms with Crippen molar-refractivity contribution in [1.29, 1.82) is 0 Å². The van der Waals surface area contributed by atoms with E-state index in [1.807, 2.05) is 0 Å². The fourth-order valence-corrected chi connectivity index (χ4v) is 3.10. The number of carbonyl (C=O) groups is 3. The van der Waals surface area contributed by atoms with Crippen molar-refractivity contribution in [3.8, 4) is 0 Å². The highest BCUT2D eigenvalue weighted by molar-refractivity contribution is 7.90. The molecule has 1 aliphatic heterocycles. The van der Waals surface area contributed by atoms with Gasteiger partial charge in [-0.1, -0.05) is 6.07 Å². The maximum Gasteiger partial charge on any atom is 0.302 e. The molecular weight excluding hydrogens is 364 g/mol. The van der Waals surface area contributed by atoms with Crippen molar-refractivity contribution in [2.75, 3.05) is 31.0 Å². The number of amides is 1. The molecule has 0 atom stereocenters. The van der Waals surface area contributed by atoms with Crippen LogP contribution < -0.4 is 10.4 Å². The van der Waals surface area contributed by atoms with Gasteiger partial charge in [0, 0.05) is 20.1 Å². The van der Waals surface area contributed by atoms with Gasteiger partial charge in [0.15, 0.2) is 9.84 Å². The van der Waals surface area contributed by atoms with E-state index < -0.39 is 33.1 Å². The van der Waals surface area contributed by atoms with Gasteiger partial charge in [-0.15, -0.1) is 0 Å². The number of hydrogen-bond donors (Lipinski definition) is 1. The van der Waals surface area contributed by atoms with Crippen molar-refractivity contribution >= 4 is 33.4 Å². The highest BCUT2D eigenvalue weighted by atomic mass is 32.2. The molecule has 1 aromatic carbocycles. The molecule has 10 heteroatoms. The van der Waals surface area contributed by atoms with Crippen molar-refractivity contribution in [2.24, 2.45) is 5.41 Å². The second-order valence-corrected chi connectivity index (χ2v) is 8.15. The number of rotatable bonds is 6. The molecule has 0 aromatic heterocycles. The predicted octanol–water partition coefficient (Wildman–Crippen LogP) is 0.0539. The Kier molecular flexibility index (Phi) is 5.55. The standard InChI is InChI=1S/C16H20N2O7S/c1-11(19)24-9-16(10-25-12(2)20)8-18(17-15(16)21)13-5-4-6-14(7-13)26(3,22)23/h4-7H,8-10H2,1-3H3,(H,17,21). The van der Waals surface area contributed by atoms with E-state index in [2.05, 4.69) is 5.43 Å². The van der Waals surface area contributed by atoms with Gasteiger partial charge in [0.25, 0.3) is 5.91 Å². The first-order valence-electron chi connectivity index (χ1n) is 7.69. The van der Waals surface area contributed by atoms with Crippen LogP contribution >= 0.6 is 0 Å². The molecule has 0 radical (unpaired) electrons. The molecule has 142 valence electrons. The van der Waals surface area contributed by atoms with Crippen LogP contribution in [-0.4, -0.2) is 52.3 Å². The van der Waals surface area contributed by atoms with Gasteiger partial charge >= 0.3 is 11.9 Å². The summed E-state index contributed by atoms with van der Waals surface area (Å²) in [7, 11) is -3.42. The third-order valence-electron chi connectivity index (χ3n) is 3.84. The van der Waals surface area contributed by atoms with Crippen LogP contribution in [0.25, 0.3) is 0 Å². The van der Waals surface area contributed by atoms with Crippen molar-refractivity contribution in [3.63, 3.8) is 0 Å². The zero-order valence-corrected chi connectivity index (χ0v) is 15.5. The number of benzene rings is 1. The monoisotopic (exact) mass is 384 g/mol. The molecule has 0 unspecified atom stereocenters. The van der Waals surface area contributed by atoms with Gasteiger partial charge in [-0.3, -0.25) is 24.8 Å². The Hall–Kier alpha value is -2.62. The lowest BCUT2D eigenvalue weighted by molar-refractivity contribution is -0.154. The minimum atomic E-state index is -3.42. The topological polar surface area (TPSA) is 119 Å². The Morgan fingerprint density at radius 1 is 1.19 bits per heavy atom. The number of sulfone groups is 1. The van der Waals surface area contributed by atoms with Crippen LogP contribution in [-0.2, 0) is 33.7 Å². The summed E-state index contributed by atoms with van der Waals surface area (Å²) in [5.74, 6) is -1.64. The average molecular weight is 384 g/mol. The Balaban J connectivity index is 2.30.